The van der Waals surface area contributed by atoms with E-state index in [9.17, 15) is 4.79 Å². The first kappa shape index (κ1) is 13.5. The average Bonchev–Trinajstić information content (AvgIpc) is 2.58. The standard InChI is InChI=1S/C15H20N2O2/c1-10(2)19-12-7-5-11(6-8-12)9-13-15(3,4)14(18)17-16-13/h5-10,16H,1-4H3,(H,17,18)/b13-9-. The number of hydrogen-bond acceptors (Lipinski definition) is 3. The number of hydrazine groups is 1. The van der Waals surface area contributed by atoms with Crippen LogP contribution < -0.4 is 15.6 Å². The molecule has 1 heterocycles. The minimum atomic E-state index is -0.521. The van der Waals surface area contributed by atoms with Crippen molar-refractivity contribution in [1.29, 1.82) is 0 Å². The molecular weight excluding hydrogens is 240 g/mol. The van der Waals surface area contributed by atoms with Crippen molar-refractivity contribution in [3.63, 3.8) is 0 Å². The Kier molecular flexibility index (Phi) is 3.51. The highest BCUT2D eigenvalue weighted by molar-refractivity contribution is 5.89. The van der Waals surface area contributed by atoms with Crippen LogP contribution in [0.15, 0.2) is 30.0 Å². The third kappa shape index (κ3) is 2.89. The van der Waals surface area contributed by atoms with Gasteiger partial charge in [0.05, 0.1) is 11.5 Å². The Labute approximate surface area is 113 Å². The van der Waals surface area contributed by atoms with E-state index in [2.05, 4.69) is 10.9 Å². The second-order valence-corrected chi connectivity index (χ2v) is 5.50. The minimum absolute atomic E-state index is 0.0153. The van der Waals surface area contributed by atoms with Crippen LogP contribution >= 0.6 is 0 Å². The van der Waals surface area contributed by atoms with Crippen molar-refractivity contribution in [2.45, 2.75) is 33.8 Å². The van der Waals surface area contributed by atoms with Gasteiger partial charge in [-0.25, -0.2) is 0 Å². The average molecular weight is 260 g/mol. The summed E-state index contributed by atoms with van der Waals surface area (Å²) in [5, 5.41) is 0. The first-order valence-electron chi connectivity index (χ1n) is 6.45. The molecule has 0 aliphatic carbocycles. The van der Waals surface area contributed by atoms with Crippen LogP contribution in [0.3, 0.4) is 0 Å². The molecule has 0 atom stereocenters. The molecule has 4 heteroatoms. The Balaban J connectivity index is 2.18. The van der Waals surface area contributed by atoms with E-state index < -0.39 is 5.41 Å². The van der Waals surface area contributed by atoms with Crippen LogP contribution in [0.4, 0.5) is 0 Å². The van der Waals surface area contributed by atoms with E-state index in [-0.39, 0.29) is 12.0 Å². The van der Waals surface area contributed by atoms with E-state index in [1.54, 1.807) is 0 Å². The normalized spacial score (nSPS) is 19.4. The van der Waals surface area contributed by atoms with Crippen LogP contribution in [0.2, 0.25) is 0 Å². The molecule has 1 aliphatic heterocycles. The molecular formula is C15H20N2O2. The van der Waals surface area contributed by atoms with Crippen LogP contribution in [0.1, 0.15) is 33.3 Å². The van der Waals surface area contributed by atoms with Gasteiger partial charge in [0.15, 0.2) is 0 Å². The van der Waals surface area contributed by atoms with Crippen LogP contribution in [-0.4, -0.2) is 12.0 Å². The van der Waals surface area contributed by atoms with Crippen molar-refractivity contribution in [1.82, 2.24) is 10.9 Å². The number of benzene rings is 1. The molecule has 19 heavy (non-hydrogen) atoms. The molecule has 1 saturated heterocycles. The molecule has 2 N–H and O–H groups in total. The highest BCUT2D eigenvalue weighted by Crippen LogP contribution is 2.29. The van der Waals surface area contributed by atoms with Gasteiger partial charge < -0.3 is 10.2 Å². The lowest BCUT2D eigenvalue weighted by Gasteiger charge is -2.14. The molecule has 0 spiro atoms. The summed E-state index contributed by atoms with van der Waals surface area (Å²) in [6.07, 6.45) is 2.14. The number of hydrogen-bond donors (Lipinski definition) is 2. The molecule has 0 unspecified atom stereocenters. The van der Waals surface area contributed by atoms with Crippen LogP contribution in [-0.2, 0) is 4.79 Å². The number of ether oxygens (including phenoxy) is 1. The fraction of sp³-hybridized carbons (Fsp3) is 0.400. The topological polar surface area (TPSA) is 50.4 Å². The molecule has 4 nitrogen and oxygen atoms in total. The lowest BCUT2D eigenvalue weighted by molar-refractivity contribution is -0.125. The van der Waals surface area contributed by atoms with Crippen LogP contribution in [0.25, 0.3) is 6.08 Å². The molecule has 0 bridgehead atoms. The maximum Gasteiger partial charge on any atom is 0.249 e. The lowest BCUT2D eigenvalue weighted by atomic mass is 9.89. The third-order valence-electron chi connectivity index (χ3n) is 3.11. The molecule has 1 fully saturated rings. The van der Waals surface area contributed by atoms with Crippen molar-refractivity contribution in [3.05, 3.63) is 35.5 Å². The fourth-order valence-electron chi connectivity index (χ4n) is 1.86. The number of amides is 1. The second-order valence-electron chi connectivity index (χ2n) is 5.50. The van der Waals surface area contributed by atoms with Gasteiger partial charge in [0.1, 0.15) is 5.75 Å². The number of carbonyl (C=O) groups excluding carboxylic acids is 1. The van der Waals surface area contributed by atoms with E-state index in [4.69, 9.17) is 4.74 Å². The Bertz CT molecular complexity index is 501. The first-order chi connectivity index (χ1) is 8.89. The van der Waals surface area contributed by atoms with Crippen LogP contribution in [0, 0.1) is 5.41 Å². The summed E-state index contributed by atoms with van der Waals surface area (Å²) in [7, 11) is 0. The van der Waals surface area contributed by atoms with E-state index in [1.165, 1.54) is 0 Å². The van der Waals surface area contributed by atoms with Crippen molar-refractivity contribution in [2.75, 3.05) is 0 Å². The fourth-order valence-corrected chi connectivity index (χ4v) is 1.86. The van der Waals surface area contributed by atoms with Gasteiger partial charge >= 0.3 is 0 Å². The van der Waals surface area contributed by atoms with Gasteiger partial charge in [-0.1, -0.05) is 12.1 Å². The second kappa shape index (κ2) is 4.96. The first-order valence-corrected chi connectivity index (χ1v) is 6.45. The minimum Gasteiger partial charge on any atom is -0.491 e. The number of rotatable bonds is 3. The lowest BCUT2D eigenvalue weighted by Crippen LogP contribution is -2.28. The summed E-state index contributed by atoms with van der Waals surface area (Å²) in [5.74, 6) is 0.837. The van der Waals surface area contributed by atoms with E-state index >= 15 is 0 Å². The molecule has 1 aliphatic rings. The van der Waals surface area contributed by atoms with Gasteiger partial charge in [-0.05, 0) is 51.5 Å². The summed E-state index contributed by atoms with van der Waals surface area (Å²) in [5.41, 5.74) is 6.94. The Hall–Kier alpha value is -1.97. The molecule has 1 amide bonds. The highest BCUT2D eigenvalue weighted by atomic mass is 16.5. The van der Waals surface area contributed by atoms with Crippen molar-refractivity contribution in [3.8, 4) is 5.75 Å². The zero-order chi connectivity index (χ0) is 14.0. The largest absolute Gasteiger partial charge is 0.491 e. The monoisotopic (exact) mass is 260 g/mol. The predicted octanol–water partition coefficient (Wildman–Crippen LogP) is 2.48. The summed E-state index contributed by atoms with van der Waals surface area (Å²) in [4.78, 5) is 11.6. The van der Waals surface area contributed by atoms with Gasteiger partial charge in [-0.2, -0.15) is 0 Å². The van der Waals surface area contributed by atoms with Crippen molar-refractivity contribution < 1.29 is 9.53 Å². The van der Waals surface area contributed by atoms with E-state index in [0.717, 1.165) is 17.0 Å². The summed E-state index contributed by atoms with van der Waals surface area (Å²) in [6, 6.07) is 7.82. The molecule has 1 aromatic carbocycles. The van der Waals surface area contributed by atoms with Crippen molar-refractivity contribution >= 4 is 12.0 Å². The molecule has 0 aromatic heterocycles. The Morgan fingerprint density at radius 3 is 2.26 bits per heavy atom. The van der Waals surface area contributed by atoms with Crippen LogP contribution in [0.5, 0.6) is 5.75 Å². The zero-order valence-corrected chi connectivity index (χ0v) is 11.8. The quantitative estimate of drug-likeness (QED) is 0.877. The maximum absolute atomic E-state index is 11.6. The maximum atomic E-state index is 11.6. The van der Waals surface area contributed by atoms with Gasteiger partial charge in [0.2, 0.25) is 5.91 Å². The Morgan fingerprint density at radius 1 is 1.16 bits per heavy atom. The van der Waals surface area contributed by atoms with Gasteiger partial charge in [0.25, 0.3) is 0 Å². The molecule has 1 aromatic rings. The van der Waals surface area contributed by atoms with Gasteiger partial charge in [0, 0.05) is 5.70 Å². The molecule has 2 rings (SSSR count). The van der Waals surface area contributed by atoms with E-state index in [0.29, 0.717) is 0 Å². The van der Waals surface area contributed by atoms with E-state index in [1.807, 2.05) is 58.0 Å². The third-order valence-corrected chi connectivity index (χ3v) is 3.11. The molecule has 0 saturated carbocycles. The van der Waals surface area contributed by atoms with Gasteiger partial charge in [-0.15, -0.1) is 0 Å². The smallest absolute Gasteiger partial charge is 0.249 e. The summed E-state index contributed by atoms with van der Waals surface area (Å²) >= 11 is 0. The Morgan fingerprint density at radius 2 is 1.79 bits per heavy atom. The number of nitrogens with one attached hydrogen (secondary N) is 2. The van der Waals surface area contributed by atoms with Crippen molar-refractivity contribution in [2.24, 2.45) is 5.41 Å². The summed E-state index contributed by atoms with van der Waals surface area (Å²) < 4.78 is 5.59. The SMILES string of the molecule is CC(C)Oc1ccc(/C=C2\NNC(=O)C2(C)C)cc1. The highest BCUT2D eigenvalue weighted by Gasteiger charge is 2.37. The number of carbonyl (C=O) groups is 1. The molecule has 0 radical (unpaired) electrons. The zero-order valence-electron chi connectivity index (χ0n) is 11.8. The van der Waals surface area contributed by atoms with Gasteiger partial charge in [-0.3, -0.25) is 10.2 Å². The molecule has 102 valence electrons. The summed E-state index contributed by atoms with van der Waals surface area (Å²) in [6.45, 7) is 7.78. The predicted molar refractivity (Wildman–Crippen MR) is 75.2 cm³/mol.